The summed E-state index contributed by atoms with van der Waals surface area (Å²) in [4.78, 5) is 40.6. The molecule has 2 aromatic rings. The molecule has 2 aromatic carbocycles. The van der Waals surface area contributed by atoms with Crippen molar-refractivity contribution in [3.63, 3.8) is 0 Å². The SMILES string of the molecule is CC(C)(C)OC(=O)N1C(=O)[C@]2(Cc3ccccc3C2=O)c2cc(Br)ccc21. The van der Waals surface area contributed by atoms with Crippen molar-refractivity contribution in [2.75, 3.05) is 4.90 Å². The van der Waals surface area contributed by atoms with Crippen LogP contribution in [0.4, 0.5) is 10.5 Å². The van der Waals surface area contributed by atoms with Gasteiger partial charge >= 0.3 is 6.09 Å². The van der Waals surface area contributed by atoms with Gasteiger partial charge in [0.05, 0.1) is 5.69 Å². The van der Waals surface area contributed by atoms with E-state index in [1.165, 1.54) is 0 Å². The van der Waals surface area contributed by atoms with Gasteiger partial charge in [0.15, 0.2) is 5.78 Å². The summed E-state index contributed by atoms with van der Waals surface area (Å²) in [5.74, 6) is -0.820. The first-order valence-corrected chi connectivity index (χ1v) is 9.45. The van der Waals surface area contributed by atoms with Crippen molar-refractivity contribution in [2.24, 2.45) is 0 Å². The normalized spacial score (nSPS) is 20.8. The molecule has 2 amide bonds. The molecule has 0 radical (unpaired) electrons. The Bertz CT molecular complexity index is 1010. The van der Waals surface area contributed by atoms with E-state index in [0.717, 1.165) is 14.9 Å². The molecular formula is C21H18BrNO4. The molecule has 1 aliphatic carbocycles. The first kappa shape index (κ1) is 17.9. The van der Waals surface area contributed by atoms with Crippen LogP contribution in [0.25, 0.3) is 0 Å². The lowest BCUT2D eigenvalue weighted by Gasteiger charge is -2.25. The minimum Gasteiger partial charge on any atom is -0.443 e. The molecule has 0 bridgehead atoms. The van der Waals surface area contributed by atoms with E-state index in [9.17, 15) is 14.4 Å². The van der Waals surface area contributed by atoms with Gasteiger partial charge in [-0.05, 0) is 51.0 Å². The number of anilines is 1. The van der Waals surface area contributed by atoms with Crippen LogP contribution < -0.4 is 4.90 Å². The predicted molar refractivity (Wildman–Crippen MR) is 104 cm³/mol. The smallest absolute Gasteiger partial charge is 0.421 e. The number of carbonyl (C=O) groups is 3. The second kappa shape index (κ2) is 5.76. The third-order valence-electron chi connectivity index (χ3n) is 4.91. The van der Waals surface area contributed by atoms with Crippen LogP contribution in [-0.2, 0) is 21.4 Å². The van der Waals surface area contributed by atoms with E-state index in [0.29, 0.717) is 16.8 Å². The zero-order valence-electron chi connectivity index (χ0n) is 15.2. The van der Waals surface area contributed by atoms with Crippen LogP contribution in [0.1, 0.15) is 42.3 Å². The van der Waals surface area contributed by atoms with Crippen LogP contribution in [0, 0.1) is 0 Å². The number of hydrogen-bond acceptors (Lipinski definition) is 4. The number of ether oxygens (including phenoxy) is 1. The van der Waals surface area contributed by atoms with Crippen molar-refractivity contribution in [3.05, 3.63) is 63.6 Å². The van der Waals surface area contributed by atoms with Crippen LogP contribution in [0.5, 0.6) is 0 Å². The van der Waals surface area contributed by atoms with Crippen LogP contribution >= 0.6 is 15.9 Å². The van der Waals surface area contributed by atoms with E-state index in [1.807, 2.05) is 12.1 Å². The number of halogens is 1. The topological polar surface area (TPSA) is 63.7 Å². The Morgan fingerprint density at radius 1 is 1.15 bits per heavy atom. The molecule has 0 aromatic heterocycles. The molecule has 4 rings (SSSR count). The molecule has 2 aliphatic rings. The average molecular weight is 428 g/mol. The second-order valence-electron chi connectivity index (χ2n) is 7.85. The zero-order valence-corrected chi connectivity index (χ0v) is 16.8. The van der Waals surface area contributed by atoms with Crippen LogP contribution in [0.3, 0.4) is 0 Å². The number of rotatable bonds is 0. The molecule has 1 aliphatic heterocycles. The van der Waals surface area contributed by atoms with E-state index >= 15 is 0 Å². The number of hydrogen-bond donors (Lipinski definition) is 0. The number of benzene rings is 2. The lowest BCUT2D eigenvalue weighted by molar-refractivity contribution is -0.121. The molecule has 1 heterocycles. The number of ketones is 1. The van der Waals surface area contributed by atoms with Gasteiger partial charge in [0.2, 0.25) is 0 Å². The molecule has 6 heteroatoms. The summed E-state index contributed by atoms with van der Waals surface area (Å²) in [7, 11) is 0. The van der Waals surface area contributed by atoms with E-state index in [1.54, 1.807) is 51.1 Å². The molecule has 1 spiro atoms. The van der Waals surface area contributed by atoms with Gasteiger partial charge < -0.3 is 4.74 Å². The minimum atomic E-state index is -1.42. The highest BCUT2D eigenvalue weighted by molar-refractivity contribution is 9.10. The van der Waals surface area contributed by atoms with Gasteiger partial charge in [0.1, 0.15) is 11.0 Å². The molecule has 138 valence electrons. The minimum absolute atomic E-state index is 0.240. The van der Waals surface area contributed by atoms with Crippen molar-refractivity contribution < 1.29 is 19.1 Å². The standard InChI is InChI=1S/C21H18BrNO4/c1-20(2,3)27-19(26)23-16-9-8-13(22)10-15(16)21(18(23)25)11-12-6-4-5-7-14(12)17(21)24/h4-10H,11H2,1-3H3/t21-/m1/s1. The number of fused-ring (bicyclic) bond motifs is 3. The molecule has 0 saturated heterocycles. The van der Waals surface area contributed by atoms with E-state index < -0.39 is 23.0 Å². The fourth-order valence-electron chi connectivity index (χ4n) is 3.83. The summed E-state index contributed by atoms with van der Waals surface area (Å²) < 4.78 is 6.18. The molecular weight excluding hydrogens is 410 g/mol. The lowest BCUT2D eigenvalue weighted by atomic mass is 9.78. The van der Waals surface area contributed by atoms with Gasteiger partial charge in [0.25, 0.3) is 5.91 Å². The summed E-state index contributed by atoms with van der Waals surface area (Å²) in [5.41, 5.74) is 0.105. The fourth-order valence-corrected chi connectivity index (χ4v) is 4.19. The Morgan fingerprint density at radius 2 is 1.85 bits per heavy atom. The first-order valence-electron chi connectivity index (χ1n) is 8.65. The third-order valence-corrected chi connectivity index (χ3v) is 5.40. The molecule has 0 N–H and O–H groups in total. The maximum Gasteiger partial charge on any atom is 0.421 e. The molecule has 27 heavy (non-hydrogen) atoms. The number of carbonyl (C=O) groups excluding carboxylic acids is 3. The van der Waals surface area contributed by atoms with Gasteiger partial charge in [-0.1, -0.05) is 40.2 Å². The van der Waals surface area contributed by atoms with Crippen molar-refractivity contribution in [3.8, 4) is 0 Å². The lowest BCUT2D eigenvalue weighted by Crippen LogP contribution is -2.48. The monoisotopic (exact) mass is 427 g/mol. The zero-order chi connectivity index (χ0) is 19.6. The van der Waals surface area contributed by atoms with Crippen molar-refractivity contribution in [2.45, 2.75) is 38.2 Å². The average Bonchev–Trinajstić information content (AvgIpc) is 3.01. The highest BCUT2D eigenvalue weighted by Crippen LogP contribution is 2.50. The third kappa shape index (κ3) is 2.54. The van der Waals surface area contributed by atoms with Crippen LogP contribution in [-0.4, -0.2) is 23.4 Å². The second-order valence-corrected chi connectivity index (χ2v) is 8.77. The summed E-state index contributed by atoms with van der Waals surface area (Å²) in [5, 5.41) is 0. The van der Waals surface area contributed by atoms with Gasteiger partial charge in [-0.3, -0.25) is 9.59 Å². The van der Waals surface area contributed by atoms with E-state index in [2.05, 4.69) is 15.9 Å². The van der Waals surface area contributed by atoms with Gasteiger partial charge in [-0.2, -0.15) is 0 Å². The highest BCUT2D eigenvalue weighted by Gasteiger charge is 2.61. The predicted octanol–water partition coefficient (Wildman–Crippen LogP) is 4.41. The number of nitrogens with zero attached hydrogens (tertiary/aromatic N) is 1. The van der Waals surface area contributed by atoms with Crippen molar-refractivity contribution >= 4 is 39.4 Å². The summed E-state index contributed by atoms with van der Waals surface area (Å²) in [6, 6.07) is 12.4. The number of amides is 2. The van der Waals surface area contributed by atoms with Crippen LogP contribution in [0.15, 0.2) is 46.9 Å². The number of imide groups is 1. The van der Waals surface area contributed by atoms with Gasteiger partial charge in [-0.15, -0.1) is 0 Å². The number of Topliss-reactive ketones (excluding diaryl/α,β-unsaturated/α-hetero) is 1. The first-order chi connectivity index (χ1) is 12.6. The Morgan fingerprint density at radius 3 is 2.52 bits per heavy atom. The highest BCUT2D eigenvalue weighted by atomic mass is 79.9. The van der Waals surface area contributed by atoms with Gasteiger partial charge in [-0.25, -0.2) is 9.69 Å². The largest absolute Gasteiger partial charge is 0.443 e. The molecule has 0 unspecified atom stereocenters. The quantitative estimate of drug-likeness (QED) is 0.584. The summed E-state index contributed by atoms with van der Waals surface area (Å²) >= 11 is 3.42. The van der Waals surface area contributed by atoms with E-state index in [-0.39, 0.29) is 12.2 Å². The Hall–Kier alpha value is -2.47. The Labute approximate surface area is 165 Å². The van der Waals surface area contributed by atoms with E-state index in [4.69, 9.17) is 4.74 Å². The summed E-state index contributed by atoms with van der Waals surface area (Å²) in [6.07, 6.45) is -0.527. The maximum absolute atomic E-state index is 13.5. The summed E-state index contributed by atoms with van der Waals surface area (Å²) in [6.45, 7) is 5.21. The fraction of sp³-hybridized carbons (Fsp3) is 0.286. The Balaban J connectivity index is 1.89. The van der Waals surface area contributed by atoms with Crippen molar-refractivity contribution in [1.82, 2.24) is 0 Å². The molecule has 5 nitrogen and oxygen atoms in total. The molecule has 0 fully saturated rings. The van der Waals surface area contributed by atoms with Crippen LogP contribution in [0.2, 0.25) is 0 Å². The maximum atomic E-state index is 13.5. The van der Waals surface area contributed by atoms with Gasteiger partial charge in [0, 0.05) is 15.6 Å². The molecule has 1 atom stereocenters. The van der Waals surface area contributed by atoms with Crippen molar-refractivity contribution in [1.29, 1.82) is 0 Å². The molecule has 0 saturated carbocycles. The Kier molecular flexibility index (Phi) is 3.82.